The molecule has 0 saturated carbocycles. The summed E-state index contributed by atoms with van der Waals surface area (Å²) in [5.41, 5.74) is 2.27. The molecule has 17 heavy (non-hydrogen) atoms. The molecule has 0 aromatic carbocycles. The Hall–Kier alpha value is -1.94. The molecule has 0 aliphatic carbocycles. The molecule has 0 atom stereocenters. The molecule has 0 unspecified atom stereocenters. The van der Waals surface area contributed by atoms with Gasteiger partial charge in [0.15, 0.2) is 0 Å². The van der Waals surface area contributed by atoms with E-state index in [1.807, 2.05) is 36.8 Å². The van der Waals surface area contributed by atoms with Crippen LogP contribution in [0.3, 0.4) is 0 Å². The van der Waals surface area contributed by atoms with Crippen molar-refractivity contribution in [1.29, 1.82) is 0 Å². The second kappa shape index (κ2) is 5.96. The van der Waals surface area contributed by atoms with Crippen LogP contribution in [0.25, 0.3) is 6.20 Å². The Morgan fingerprint density at radius 3 is 3.06 bits per heavy atom. The van der Waals surface area contributed by atoms with Gasteiger partial charge in [0.05, 0.1) is 6.20 Å². The predicted octanol–water partition coefficient (Wildman–Crippen LogP) is 1.71. The molecule has 4 heteroatoms. The van der Waals surface area contributed by atoms with Crippen molar-refractivity contribution in [3.05, 3.63) is 54.6 Å². The van der Waals surface area contributed by atoms with Crippen molar-refractivity contribution in [3.63, 3.8) is 0 Å². The van der Waals surface area contributed by atoms with E-state index in [1.54, 1.807) is 10.9 Å². The third kappa shape index (κ3) is 3.53. The monoisotopic (exact) mass is 228 g/mol. The quantitative estimate of drug-likeness (QED) is 0.765. The topological polar surface area (TPSA) is 42.7 Å². The lowest BCUT2D eigenvalue weighted by Crippen LogP contribution is -2.16. The summed E-state index contributed by atoms with van der Waals surface area (Å²) in [5.74, 6) is 0. The van der Waals surface area contributed by atoms with E-state index in [2.05, 4.69) is 22.0 Å². The van der Waals surface area contributed by atoms with Crippen LogP contribution in [0, 0.1) is 0 Å². The van der Waals surface area contributed by atoms with Crippen molar-refractivity contribution < 1.29 is 0 Å². The zero-order valence-electron chi connectivity index (χ0n) is 9.71. The summed E-state index contributed by atoms with van der Waals surface area (Å²) in [4.78, 5) is 4.27. The Bertz CT molecular complexity index is 461. The maximum Gasteiger partial charge on any atom is 0.0538 e. The third-order valence-electron chi connectivity index (χ3n) is 2.46. The summed E-state index contributed by atoms with van der Waals surface area (Å²) in [7, 11) is 0. The largest absolute Gasteiger partial charge is 0.312 e. The lowest BCUT2D eigenvalue weighted by atomic mass is 10.2. The van der Waals surface area contributed by atoms with E-state index in [0.717, 1.165) is 30.8 Å². The van der Waals surface area contributed by atoms with Crippen LogP contribution in [0.5, 0.6) is 0 Å². The Labute approximate surface area is 101 Å². The van der Waals surface area contributed by atoms with Crippen LogP contribution in [0.4, 0.5) is 0 Å². The molecule has 0 saturated heterocycles. The lowest BCUT2D eigenvalue weighted by Gasteiger charge is -2.02. The Kier molecular flexibility index (Phi) is 4.05. The molecule has 0 spiro atoms. The van der Waals surface area contributed by atoms with Crippen molar-refractivity contribution in [2.24, 2.45) is 0 Å². The summed E-state index contributed by atoms with van der Waals surface area (Å²) in [5, 5.41) is 7.48. The molecule has 2 rings (SSSR count). The van der Waals surface area contributed by atoms with E-state index in [1.165, 1.54) is 0 Å². The number of nitrogens with zero attached hydrogens (tertiary/aromatic N) is 3. The summed E-state index contributed by atoms with van der Waals surface area (Å²) >= 11 is 0. The second-order valence-corrected chi connectivity index (χ2v) is 3.76. The van der Waals surface area contributed by atoms with Gasteiger partial charge in [0.1, 0.15) is 0 Å². The van der Waals surface area contributed by atoms with Gasteiger partial charge in [0.2, 0.25) is 0 Å². The van der Waals surface area contributed by atoms with Crippen LogP contribution < -0.4 is 5.32 Å². The highest BCUT2D eigenvalue weighted by atomic mass is 15.2. The summed E-state index contributed by atoms with van der Waals surface area (Å²) < 4.78 is 1.70. The molecule has 0 radical (unpaired) electrons. The fourth-order valence-corrected chi connectivity index (χ4v) is 1.56. The van der Waals surface area contributed by atoms with Gasteiger partial charge < -0.3 is 5.32 Å². The number of rotatable bonds is 6. The van der Waals surface area contributed by atoms with Crippen LogP contribution in [-0.4, -0.2) is 21.3 Å². The number of hydrogen-bond donors (Lipinski definition) is 1. The number of pyridine rings is 1. The Balaban J connectivity index is 1.71. The first-order valence-corrected chi connectivity index (χ1v) is 5.64. The predicted molar refractivity (Wildman–Crippen MR) is 68.3 cm³/mol. The van der Waals surface area contributed by atoms with Gasteiger partial charge in [-0.05, 0) is 12.1 Å². The lowest BCUT2D eigenvalue weighted by molar-refractivity contribution is 0.680. The van der Waals surface area contributed by atoms with Gasteiger partial charge in [0.25, 0.3) is 0 Å². The van der Waals surface area contributed by atoms with Crippen LogP contribution in [0.2, 0.25) is 0 Å². The minimum Gasteiger partial charge on any atom is -0.312 e. The van der Waals surface area contributed by atoms with Crippen molar-refractivity contribution in [2.45, 2.75) is 13.0 Å². The molecule has 0 aliphatic heterocycles. The first-order chi connectivity index (χ1) is 8.38. The van der Waals surface area contributed by atoms with E-state index in [-0.39, 0.29) is 0 Å². The molecule has 0 aliphatic rings. The summed E-state index contributed by atoms with van der Waals surface area (Å²) in [6.45, 7) is 5.39. The number of aromatic nitrogens is 3. The molecular weight excluding hydrogens is 212 g/mol. The smallest absolute Gasteiger partial charge is 0.0538 e. The summed E-state index contributed by atoms with van der Waals surface area (Å²) in [6, 6.07) is 5.98. The molecule has 2 aromatic heterocycles. The Morgan fingerprint density at radius 2 is 2.35 bits per heavy atom. The Morgan fingerprint density at radius 1 is 1.41 bits per heavy atom. The molecule has 1 N–H and O–H groups in total. The highest BCUT2D eigenvalue weighted by molar-refractivity contribution is 5.17. The van der Waals surface area contributed by atoms with Gasteiger partial charge in [-0.25, -0.2) is 4.68 Å². The van der Waals surface area contributed by atoms with E-state index < -0.39 is 0 Å². The first-order valence-electron chi connectivity index (χ1n) is 5.64. The average molecular weight is 228 g/mol. The van der Waals surface area contributed by atoms with Gasteiger partial charge >= 0.3 is 0 Å². The van der Waals surface area contributed by atoms with Crippen LogP contribution >= 0.6 is 0 Å². The average Bonchev–Trinajstić information content (AvgIpc) is 2.84. The fourth-order valence-electron chi connectivity index (χ4n) is 1.56. The molecule has 0 bridgehead atoms. The van der Waals surface area contributed by atoms with Crippen LogP contribution in [0.1, 0.15) is 11.3 Å². The zero-order chi connectivity index (χ0) is 11.9. The van der Waals surface area contributed by atoms with E-state index in [4.69, 9.17) is 0 Å². The van der Waals surface area contributed by atoms with Crippen LogP contribution in [0.15, 0.2) is 43.4 Å². The van der Waals surface area contributed by atoms with E-state index >= 15 is 0 Å². The molecule has 4 nitrogen and oxygen atoms in total. The normalized spacial score (nSPS) is 10.4. The van der Waals surface area contributed by atoms with Gasteiger partial charge in [-0.2, -0.15) is 5.10 Å². The van der Waals surface area contributed by atoms with Gasteiger partial charge in [0, 0.05) is 49.4 Å². The van der Waals surface area contributed by atoms with Crippen molar-refractivity contribution in [2.75, 3.05) is 6.54 Å². The van der Waals surface area contributed by atoms with Crippen LogP contribution in [-0.2, 0) is 13.0 Å². The van der Waals surface area contributed by atoms with Gasteiger partial charge in [-0.3, -0.25) is 4.98 Å². The number of hydrogen-bond acceptors (Lipinski definition) is 3. The van der Waals surface area contributed by atoms with E-state index in [9.17, 15) is 0 Å². The highest BCUT2D eigenvalue weighted by Crippen LogP contribution is 1.98. The minimum absolute atomic E-state index is 0.820. The fraction of sp³-hybridized carbons (Fsp3) is 0.231. The van der Waals surface area contributed by atoms with Crippen molar-refractivity contribution >= 4 is 6.20 Å². The molecule has 2 heterocycles. The summed E-state index contributed by atoms with van der Waals surface area (Å²) in [6.07, 6.45) is 8.24. The zero-order valence-corrected chi connectivity index (χ0v) is 9.71. The minimum atomic E-state index is 0.820. The maximum absolute atomic E-state index is 4.27. The van der Waals surface area contributed by atoms with E-state index in [0.29, 0.717) is 0 Å². The molecule has 0 amide bonds. The molecule has 2 aromatic rings. The van der Waals surface area contributed by atoms with Crippen molar-refractivity contribution in [3.8, 4) is 0 Å². The number of nitrogens with one attached hydrogen (secondary N) is 1. The molecule has 88 valence electrons. The van der Waals surface area contributed by atoms with Crippen molar-refractivity contribution in [1.82, 2.24) is 20.1 Å². The maximum atomic E-state index is 4.27. The van der Waals surface area contributed by atoms with Gasteiger partial charge in [-0.1, -0.05) is 12.6 Å². The second-order valence-electron chi connectivity index (χ2n) is 3.76. The first kappa shape index (κ1) is 11.5. The molecular formula is C13H16N4. The molecule has 0 fully saturated rings. The standard InChI is InChI=1S/C13H16N4/c1-2-17-11-12(10-16-17)9-14-8-6-13-5-3-4-7-15-13/h2-5,7,10-11,14H,1,6,8-9H2. The third-order valence-corrected chi connectivity index (χ3v) is 2.46. The highest BCUT2D eigenvalue weighted by Gasteiger charge is 1.96. The SMILES string of the molecule is C=Cn1cc(CNCCc2ccccn2)cn1. The van der Waals surface area contributed by atoms with Gasteiger partial charge in [-0.15, -0.1) is 0 Å².